The molecule has 5 aromatic rings. The molecule has 0 bridgehead atoms. The van der Waals surface area contributed by atoms with Gasteiger partial charge in [0.15, 0.2) is 0 Å². The average Bonchev–Trinajstić information content (AvgIpc) is 3.10. The number of carbonyl (C=O) groups is 1. The number of aliphatic hydroxyl groups is 1. The zero-order chi connectivity index (χ0) is 34.6. The van der Waals surface area contributed by atoms with Crippen LogP contribution in [0.15, 0.2) is 109 Å². The van der Waals surface area contributed by atoms with Gasteiger partial charge in [0.25, 0.3) is 0 Å². The number of benzene rings is 5. The monoisotopic (exact) mass is 649 g/mol. The molecule has 0 aliphatic heterocycles. The van der Waals surface area contributed by atoms with E-state index < -0.39 is 0 Å². The lowest BCUT2D eigenvalue weighted by Gasteiger charge is -2.28. The fourth-order valence-corrected chi connectivity index (χ4v) is 6.35. The molecule has 5 aromatic carbocycles. The molecule has 0 spiro atoms. The minimum atomic E-state index is -0.118. The molecule has 0 aliphatic carbocycles. The summed E-state index contributed by atoms with van der Waals surface area (Å²) in [5, 5.41) is 17.1. The molecule has 0 aromatic heterocycles. The Balaban J connectivity index is 1.53. The SMILES string of the molecule is [B]c1ccccc1CN(CCOCCO)Cc1cccc2cc3ccccc3c(CN(CCCNC(=O)C(=C)C)Cc3ccccc3[B])c12. The molecule has 8 heteroatoms. The molecule has 5 rings (SSSR count). The Morgan fingerprint density at radius 1 is 0.755 bits per heavy atom. The topological polar surface area (TPSA) is 65.0 Å². The van der Waals surface area contributed by atoms with Crippen LogP contribution in [0.2, 0.25) is 0 Å². The second kappa shape index (κ2) is 18.0. The lowest BCUT2D eigenvalue weighted by atomic mass is 9.89. The van der Waals surface area contributed by atoms with E-state index in [1.807, 2.05) is 36.4 Å². The summed E-state index contributed by atoms with van der Waals surface area (Å²) in [6, 6.07) is 33.5. The van der Waals surface area contributed by atoms with Gasteiger partial charge in [0, 0.05) is 51.4 Å². The number of fused-ring (bicyclic) bond motifs is 2. The average molecular weight is 649 g/mol. The van der Waals surface area contributed by atoms with Crippen LogP contribution in [0.5, 0.6) is 0 Å². The van der Waals surface area contributed by atoms with Crippen molar-refractivity contribution in [3.63, 3.8) is 0 Å². The quantitative estimate of drug-likeness (QED) is 0.0626. The van der Waals surface area contributed by atoms with Gasteiger partial charge < -0.3 is 15.2 Å². The molecule has 0 saturated heterocycles. The van der Waals surface area contributed by atoms with Crippen LogP contribution in [0.3, 0.4) is 0 Å². The standard InChI is InChI=1S/C41H45B2N3O3/c1-30(2)41(48)44-19-10-20-45(26-33-12-4-7-17-38(33)42)29-37-36-16-6-3-11-31(36)25-32-14-9-15-35(40(32)37)28-46(21-23-49-24-22-47)27-34-13-5-8-18-39(34)43/h3-9,11-18,25,47H,1,10,19-24,26-29H2,2H3,(H,44,48). The highest BCUT2D eigenvalue weighted by Crippen LogP contribution is 2.33. The molecule has 0 heterocycles. The van der Waals surface area contributed by atoms with E-state index in [2.05, 4.69) is 82.4 Å². The summed E-state index contributed by atoms with van der Waals surface area (Å²) >= 11 is 0. The molecular formula is C41H45B2N3O3. The number of ether oxygens (including phenoxy) is 1. The maximum Gasteiger partial charge on any atom is 0.246 e. The first-order valence-corrected chi connectivity index (χ1v) is 17.0. The number of hydrogen-bond donors (Lipinski definition) is 2. The lowest BCUT2D eigenvalue weighted by Crippen LogP contribution is -2.31. The number of aliphatic hydroxyl groups excluding tert-OH is 1. The van der Waals surface area contributed by atoms with Gasteiger partial charge in [-0.05, 0) is 63.2 Å². The third-order valence-electron chi connectivity index (χ3n) is 8.87. The van der Waals surface area contributed by atoms with Crippen LogP contribution < -0.4 is 16.2 Å². The lowest BCUT2D eigenvalue weighted by molar-refractivity contribution is -0.117. The summed E-state index contributed by atoms with van der Waals surface area (Å²) < 4.78 is 5.71. The largest absolute Gasteiger partial charge is 0.394 e. The van der Waals surface area contributed by atoms with Gasteiger partial charge in [0.05, 0.1) is 19.8 Å². The molecule has 0 fully saturated rings. The van der Waals surface area contributed by atoms with E-state index >= 15 is 0 Å². The molecule has 2 N–H and O–H groups in total. The van der Waals surface area contributed by atoms with Crippen LogP contribution in [0.25, 0.3) is 21.5 Å². The summed E-state index contributed by atoms with van der Waals surface area (Å²) in [5.41, 5.74) is 6.68. The van der Waals surface area contributed by atoms with Crippen LogP contribution in [0.1, 0.15) is 35.6 Å². The van der Waals surface area contributed by atoms with Crippen LogP contribution >= 0.6 is 0 Å². The fourth-order valence-electron chi connectivity index (χ4n) is 6.35. The fraction of sp³-hybridized carbons (Fsp3) is 0.293. The summed E-state index contributed by atoms with van der Waals surface area (Å²) in [7, 11) is 12.8. The van der Waals surface area contributed by atoms with Crippen molar-refractivity contribution in [2.45, 2.75) is 39.5 Å². The first-order valence-electron chi connectivity index (χ1n) is 17.0. The van der Waals surface area contributed by atoms with Gasteiger partial charge in [0.1, 0.15) is 15.7 Å². The second-order valence-corrected chi connectivity index (χ2v) is 12.6. The molecule has 1 amide bonds. The predicted octanol–water partition coefficient (Wildman–Crippen LogP) is 4.68. The molecule has 0 saturated carbocycles. The van der Waals surface area contributed by atoms with Crippen molar-refractivity contribution in [1.29, 1.82) is 0 Å². The molecular weight excluding hydrogens is 604 g/mol. The highest BCUT2D eigenvalue weighted by molar-refractivity contribution is 6.33. The van der Waals surface area contributed by atoms with E-state index in [-0.39, 0.29) is 12.5 Å². The number of rotatable bonds is 18. The van der Waals surface area contributed by atoms with Crippen molar-refractivity contribution in [1.82, 2.24) is 15.1 Å². The zero-order valence-electron chi connectivity index (χ0n) is 28.5. The zero-order valence-corrected chi connectivity index (χ0v) is 28.5. The number of nitrogens with one attached hydrogen (secondary N) is 1. The van der Waals surface area contributed by atoms with Gasteiger partial charge in [-0.1, -0.05) is 109 Å². The molecule has 6 nitrogen and oxygen atoms in total. The van der Waals surface area contributed by atoms with E-state index in [4.69, 9.17) is 20.4 Å². The Bertz CT molecular complexity index is 1880. The minimum absolute atomic E-state index is 0.00319. The Morgan fingerprint density at radius 3 is 2.02 bits per heavy atom. The molecule has 0 atom stereocenters. The summed E-state index contributed by atoms with van der Waals surface area (Å²) in [5.74, 6) is -0.118. The van der Waals surface area contributed by atoms with E-state index in [0.29, 0.717) is 58.1 Å². The van der Waals surface area contributed by atoms with Gasteiger partial charge in [-0.25, -0.2) is 0 Å². The van der Waals surface area contributed by atoms with Gasteiger partial charge >= 0.3 is 0 Å². The summed E-state index contributed by atoms with van der Waals surface area (Å²) in [4.78, 5) is 17.0. The molecule has 0 aliphatic rings. The van der Waals surface area contributed by atoms with Gasteiger partial charge in [-0.3, -0.25) is 14.6 Å². The van der Waals surface area contributed by atoms with E-state index in [9.17, 15) is 9.90 Å². The van der Waals surface area contributed by atoms with Crippen LogP contribution in [0, 0.1) is 0 Å². The van der Waals surface area contributed by atoms with E-state index in [1.165, 1.54) is 32.7 Å². The van der Waals surface area contributed by atoms with E-state index in [1.54, 1.807) is 6.92 Å². The van der Waals surface area contributed by atoms with Crippen molar-refractivity contribution in [3.8, 4) is 0 Å². The normalized spacial score (nSPS) is 11.5. The Hall–Kier alpha value is -4.20. The number of hydrogen-bond acceptors (Lipinski definition) is 5. The molecule has 0 unspecified atom stereocenters. The first kappa shape index (κ1) is 36.1. The smallest absolute Gasteiger partial charge is 0.246 e. The first-order chi connectivity index (χ1) is 23.8. The van der Waals surface area contributed by atoms with Crippen molar-refractivity contribution in [3.05, 3.63) is 131 Å². The van der Waals surface area contributed by atoms with E-state index in [0.717, 1.165) is 35.0 Å². The van der Waals surface area contributed by atoms with Crippen molar-refractivity contribution in [2.75, 3.05) is 39.5 Å². The maximum atomic E-state index is 12.2. The molecule has 4 radical (unpaired) electrons. The molecule has 49 heavy (non-hydrogen) atoms. The van der Waals surface area contributed by atoms with Gasteiger partial charge in [0.2, 0.25) is 5.91 Å². The van der Waals surface area contributed by atoms with Gasteiger partial charge in [-0.15, -0.1) is 0 Å². The second-order valence-electron chi connectivity index (χ2n) is 12.6. The highest BCUT2D eigenvalue weighted by Gasteiger charge is 2.18. The highest BCUT2D eigenvalue weighted by atomic mass is 16.5. The Morgan fingerprint density at radius 2 is 1.35 bits per heavy atom. The van der Waals surface area contributed by atoms with Crippen LogP contribution in [-0.4, -0.2) is 76.0 Å². The number of nitrogens with zero attached hydrogens (tertiary/aromatic N) is 2. The Kier molecular flexibility index (Phi) is 13.2. The van der Waals surface area contributed by atoms with Crippen LogP contribution in [0.4, 0.5) is 0 Å². The molecule has 248 valence electrons. The maximum absolute atomic E-state index is 12.2. The third kappa shape index (κ3) is 9.93. The summed E-state index contributed by atoms with van der Waals surface area (Å²) in [6.45, 7) is 11.0. The summed E-state index contributed by atoms with van der Waals surface area (Å²) in [6.07, 6.45) is 0.779. The number of carbonyl (C=O) groups excluding carboxylic acids is 1. The third-order valence-corrected chi connectivity index (χ3v) is 8.87. The minimum Gasteiger partial charge on any atom is -0.394 e. The van der Waals surface area contributed by atoms with Gasteiger partial charge in [-0.2, -0.15) is 0 Å². The predicted molar refractivity (Wildman–Crippen MR) is 204 cm³/mol. The Labute approximate surface area is 293 Å². The number of amides is 1. The van der Waals surface area contributed by atoms with Crippen molar-refractivity contribution >= 4 is 54.1 Å². The van der Waals surface area contributed by atoms with Crippen molar-refractivity contribution < 1.29 is 14.6 Å². The van der Waals surface area contributed by atoms with Crippen LogP contribution in [-0.2, 0) is 35.7 Å². The van der Waals surface area contributed by atoms with Crippen molar-refractivity contribution in [2.24, 2.45) is 0 Å².